The Labute approximate surface area is 102 Å². The third-order valence-corrected chi connectivity index (χ3v) is 2.90. The number of nitrogens with two attached hydrogens (primary N) is 1. The summed E-state index contributed by atoms with van der Waals surface area (Å²) in [4.78, 5) is 10.6. The molecular weight excluding hydrogens is 272 g/mol. The fourth-order valence-electron chi connectivity index (χ4n) is 1.80. The summed E-state index contributed by atoms with van der Waals surface area (Å²) in [6.07, 6.45) is 0.942. The van der Waals surface area contributed by atoms with Crippen LogP contribution in [0, 0.1) is 0 Å². The van der Waals surface area contributed by atoms with Crippen LogP contribution in [-0.2, 0) is 17.8 Å². The summed E-state index contributed by atoms with van der Waals surface area (Å²) in [6, 6.07) is 4.07. The maximum absolute atomic E-state index is 10.6. The Hall–Kier alpha value is -1.07. The molecule has 0 saturated carbocycles. The zero-order valence-electron chi connectivity index (χ0n) is 8.75. The van der Waals surface area contributed by atoms with Crippen LogP contribution in [-0.4, -0.2) is 19.1 Å². The number of halogens is 1. The van der Waals surface area contributed by atoms with Gasteiger partial charge in [-0.25, -0.2) is 0 Å². The largest absolute Gasteiger partial charge is 0.493 e. The van der Waals surface area contributed by atoms with Gasteiger partial charge in [0.15, 0.2) is 0 Å². The summed E-state index contributed by atoms with van der Waals surface area (Å²) in [7, 11) is 0. The minimum atomic E-state index is -0.354. The number of carbonyl (C=O) groups excluding carboxylic acids is 1. The van der Waals surface area contributed by atoms with Crippen molar-refractivity contribution in [3.8, 4) is 5.75 Å². The third kappa shape index (κ3) is 2.54. The van der Waals surface area contributed by atoms with Crippen molar-refractivity contribution in [3.63, 3.8) is 0 Å². The lowest BCUT2D eigenvalue weighted by atomic mass is 10.1. The molecule has 1 aromatic rings. The van der Waals surface area contributed by atoms with Crippen molar-refractivity contribution >= 4 is 21.8 Å². The van der Waals surface area contributed by atoms with E-state index in [1.54, 1.807) is 0 Å². The van der Waals surface area contributed by atoms with Gasteiger partial charge in [-0.05, 0) is 17.7 Å². The van der Waals surface area contributed by atoms with E-state index in [2.05, 4.69) is 27.3 Å². The van der Waals surface area contributed by atoms with Gasteiger partial charge in [-0.3, -0.25) is 4.79 Å². The van der Waals surface area contributed by atoms with Gasteiger partial charge in [-0.15, -0.1) is 0 Å². The highest BCUT2D eigenvalue weighted by molar-refractivity contribution is 9.10. The van der Waals surface area contributed by atoms with Gasteiger partial charge in [0.1, 0.15) is 5.75 Å². The number of fused-ring (bicyclic) bond motifs is 1. The predicted octanol–water partition coefficient (Wildman–Crippen LogP) is 0.959. The highest BCUT2D eigenvalue weighted by Crippen LogP contribution is 2.32. The molecule has 5 heteroatoms. The normalized spacial score (nSPS) is 13.3. The van der Waals surface area contributed by atoms with E-state index in [0.717, 1.165) is 28.8 Å². The minimum Gasteiger partial charge on any atom is -0.493 e. The van der Waals surface area contributed by atoms with Crippen molar-refractivity contribution in [1.82, 2.24) is 5.32 Å². The summed E-state index contributed by atoms with van der Waals surface area (Å²) in [5, 5.41) is 2.98. The van der Waals surface area contributed by atoms with Gasteiger partial charge in [-0.2, -0.15) is 0 Å². The number of benzene rings is 1. The van der Waals surface area contributed by atoms with Gasteiger partial charge >= 0.3 is 0 Å². The molecule has 0 atom stereocenters. The van der Waals surface area contributed by atoms with E-state index < -0.39 is 0 Å². The van der Waals surface area contributed by atoms with Gasteiger partial charge in [0.2, 0.25) is 5.91 Å². The molecule has 0 aliphatic carbocycles. The lowest BCUT2D eigenvalue weighted by molar-refractivity contribution is -0.117. The Bertz CT molecular complexity index is 421. The quantitative estimate of drug-likeness (QED) is 0.866. The van der Waals surface area contributed by atoms with Crippen LogP contribution in [0.3, 0.4) is 0 Å². The van der Waals surface area contributed by atoms with Gasteiger partial charge in [0.25, 0.3) is 0 Å². The number of rotatable bonds is 4. The SMILES string of the molecule is NC(=O)CNCc1cc(Br)cc2c1OCC2. The first-order valence-electron chi connectivity index (χ1n) is 5.10. The van der Waals surface area contributed by atoms with Crippen LogP contribution in [0.15, 0.2) is 16.6 Å². The van der Waals surface area contributed by atoms with E-state index in [1.165, 1.54) is 5.56 Å². The molecule has 2 rings (SSSR count). The smallest absolute Gasteiger partial charge is 0.231 e. The van der Waals surface area contributed by atoms with Crippen LogP contribution in [0.4, 0.5) is 0 Å². The molecule has 1 amide bonds. The lowest BCUT2D eigenvalue weighted by Gasteiger charge is -2.09. The number of ether oxygens (including phenoxy) is 1. The molecule has 86 valence electrons. The molecule has 0 saturated heterocycles. The van der Waals surface area contributed by atoms with Crippen molar-refractivity contribution in [2.75, 3.05) is 13.2 Å². The number of hydrogen-bond acceptors (Lipinski definition) is 3. The van der Waals surface area contributed by atoms with Crippen molar-refractivity contribution in [1.29, 1.82) is 0 Å². The Morgan fingerprint density at radius 2 is 2.38 bits per heavy atom. The maximum atomic E-state index is 10.6. The topological polar surface area (TPSA) is 64.4 Å². The molecule has 3 N–H and O–H groups in total. The van der Waals surface area contributed by atoms with Crippen LogP contribution in [0.1, 0.15) is 11.1 Å². The van der Waals surface area contributed by atoms with Crippen molar-refractivity contribution in [2.24, 2.45) is 5.73 Å². The lowest BCUT2D eigenvalue weighted by Crippen LogP contribution is -2.28. The van der Waals surface area contributed by atoms with Gasteiger partial charge in [0, 0.05) is 23.0 Å². The predicted molar refractivity (Wildman–Crippen MR) is 64.2 cm³/mol. The molecule has 16 heavy (non-hydrogen) atoms. The molecule has 0 spiro atoms. The summed E-state index contributed by atoms with van der Waals surface area (Å²) < 4.78 is 6.60. The Balaban J connectivity index is 2.11. The van der Waals surface area contributed by atoms with Crippen LogP contribution in [0.25, 0.3) is 0 Å². The summed E-state index contributed by atoms with van der Waals surface area (Å²) in [5.74, 6) is 0.590. The van der Waals surface area contributed by atoms with E-state index >= 15 is 0 Å². The molecule has 0 aromatic heterocycles. The molecule has 0 unspecified atom stereocenters. The molecule has 0 fully saturated rings. The second kappa shape index (κ2) is 4.84. The zero-order chi connectivity index (χ0) is 11.5. The van der Waals surface area contributed by atoms with E-state index in [1.807, 2.05) is 6.07 Å². The number of primary amides is 1. The molecule has 1 aliphatic heterocycles. The number of nitrogens with one attached hydrogen (secondary N) is 1. The van der Waals surface area contributed by atoms with E-state index in [4.69, 9.17) is 10.5 Å². The van der Waals surface area contributed by atoms with Gasteiger partial charge < -0.3 is 15.8 Å². The molecule has 0 bridgehead atoms. The highest BCUT2D eigenvalue weighted by Gasteiger charge is 2.17. The van der Waals surface area contributed by atoms with Gasteiger partial charge in [0.05, 0.1) is 13.2 Å². The molecule has 1 aromatic carbocycles. The standard InChI is InChI=1S/C11H13BrN2O2/c12-9-3-7-1-2-16-11(7)8(4-9)5-14-6-10(13)15/h3-4,14H,1-2,5-6H2,(H2,13,15). The average Bonchev–Trinajstić information content (AvgIpc) is 2.64. The number of hydrogen-bond donors (Lipinski definition) is 2. The van der Waals surface area contributed by atoms with Crippen LogP contribution in [0.2, 0.25) is 0 Å². The van der Waals surface area contributed by atoms with Crippen molar-refractivity contribution < 1.29 is 9.53 Å². The average molecular weight is 285 g/mol. The fourth-order valence-corrected chi connectivity index (χ4v) is 2.35. The van der Waals surface area contributed by atoms with Gasteiger partial charge in [-0.1, -0.05) is 15.9 Å². The Morgan fingerprint density at radius 1 is 1.56 bits per heavy atom. The van der Waals surface area contributed by atoms with Crippen LogP contribution >= 0.6 is 15.9 Å². The van der Waals surface area contributed by atoms with Crippen LogP contribution in [0.5, 0.6) is 5.75 Å². The van der Waals surface area contributed by atoms with E-state index in [-0.39, 0.29) is 12.5 Å². The second-order valence-corrected chi connectivity index (χ2v) is 4.64. The summed E-state index contributed by atoms with van der Waals surface area (Å²) in [6.45, 7) is 1.50. The first kappa shape index (κ1) is 11.4. The highest BCUT2D eigenvalue weighted by atomic mass is 79.9. The Morgan fingerprint density at radius 3 is 3.12 bits per heavy atom. The van der Waals surface area contributed by atoms with Crippen molar-refractivity contribution in [3.05, 3.63) is 27.7 Å². The molecule has 0 radical (unpaired) electrons. The molecular formula is C11H13BrN2O2. The van der Waals surface area contributed by atoms with Crippen molar-refractivity contribution in [2.45, 2.75) is 13.0 Å². The first-order chi connectivity index (χ1) is 7.66. The molecule has 4 nitrogen and oxygen atoms in total. The molecule has 1 aliphatic rings. The Kier molecular flexibility index (Phi) is 3.46. The molecule has 1 heterocycles. The van der Waals surface area contributed by atoms with E-state index in [9.17, 15) is 4.79 Å². The number of amides is 1. The zero-order valence-corrected chi connectivity index (χ0v) is 10.3. The maximum Gasteiger partial charge on any atom is 0.231 e. The third-order valence-electron chi connectivity index (χ3n) is 2.44. The van der Waals surface area contributed by atoms with Crippen LogP contribution < -0.4 is 15.8 Å². The van der Waals surface area contributed by atoms with E-state index in [0.29, 0.717) is 6.54 Å². The summed E-state index contributed by atoms with van der Waals surface area (Å²) in [5.41, 5.74) is 7.33. The monoisotopic (exact) mass is 284 g/mol. The fraction of sp³-hybridized carbons (Fsp3) is 0.364. The second-order valence-electron chi connectivity index (χ2n) is 3.72. The minimum absolute atomic E-state index is 0.182. The summed E-state index contributed by atoms with van der Waals surface area (Å²) >= 11 is 3.46. The first-order valence-corrected chi connectivity index (χ1v) is 5.89. The number of carbonyl (C=O) groups is 1.